The summed E-state index contributed by atoms with van der Waals surface area (Å²) in [6.07, 6.45) is 4.88. The minimum Gasteiger partial charge on any atom is -0.375 e. The molecule has 0 aliphatic carbocycles. The Balaban J connectivity index is 1.37. The summed E-state index contributed by atoms with van der Waals surface area (Å²) >= 11 is 6.52. The van der Waals surface area contributed by atoms with Crippen molar-refractivity contribution in [3.8, 4) is 0 Å². The summed E-state index contributed by atoms with van der Waals surface area (Å²) in [5.74, 6) is -0.635. The number of benzene rings is 3. The van der Waals surface area contributed by atoms with Crippen LogP contribution >= 0.6 is 11.6 Å². The van der Waals surface area contributed by atoms with Crippen LogP contribution in [0.2, 0.25) is 5.02 Å². The van der Waals surface area contributed by atoms with Gasteiger partial charge in [-0.25, -0.2) is 0 Å². The molecule has 0 saturated carbocycles. The Morgan fingerprint density at radius 2 is 1.89 bits per heavy atom. The van der Waals surface area contributed by atoms with Gasteiger partial charge < -0.3 is 19.5 Å². The molecule has 3 aromatic rings. The highest BCUT2D eigenvalue weighted by atomic mass is 35.5. The number of nitrogens with one attached hydrogen (secondary N) is 1. The molecular formula is C30H32ClNO4. The number of para-hydroxylation sites is 1. The first kappa shape index (κ1) is 26.1. The molecule has 0 amide bonds. The predicted octanol–water partition coefficient (Wildman–Crippen LogP) is 7.19. The van der Waals surface area contributed by atoms with Gasteiger partial charge in [-0.3, -0.25) is 4.79 Å². The molecule has 36 heavy (non-hydrogen) atoms. The Hall–Kier alpha value is -2.96. The van der Waals surface area contributed by atoms with E-state index in [1.165, 1.54) is 0 Å². The molecule has 3 aromatic carbocycles. The highest BCUT2D eigenvalue weighted by molar-refractivity contribution is 6.35. The summed E-state index contributed by atoms with van der Waals surface area (Å²) in [6, 6.07) is 20.9. The zero-order valence-corrected chi connectivity index (χ0v) is 21.7. The summed E-state index contributed by atoms with van der Waals surface area (Å²) < 4.78 is 17.2. The van der Waals surface area contributed by atoms with Crippen LogP contribution in [0, 0.1) is 6.92 Å². The van der Waals surface area contributed by atoms with Crippen LogP contribution < -0.4 is 5.32 Å². The van der Waals surface area contributed by atoms with Crippen LogP contribution in [0.4, 0.5) is 11.4 Å². The number of ketones is 1. The zero-order chi connectivity index (χ0) is 25.5. The lowest BCUT2D eigenvalue weighted by Crippen LogP contribution is -2.41. The van der Waals surface area contributed by atoms with Crippen molar-refractivity contribution in [2.45, 2.75) is 39.1 Å². The topological polar surface area (TPSA) is 56.8 Å². The average molecular weight is 506 g/mol. The third-order valence-electron chi connectivity index (χ3n) is 6.00. The highest BCUT2D eigenvalue weighted by Gasteiger charge is 2.29. The van der Waals surface area contributed by atoms with E-state index in [-0.39, 0.29) is 11.9 Å². The van der Waals surface area contributed by atoms with Gasteiger partial charge >= 0.3 is 0 Å². The molecule has 1 atom stereocenters. The van der Waals surface area contributed by atoms with Crippen LogP contribution in [-0.4, -0.2) is 37.5 Å². The zero-order valence-electron chi connectivity index (χ0n) is 20.9. The van der Waals surface area contributed by atoms with Crippen LogP contribution in [0.15, 0.2) is 72.8 Å². The van der Waals surface area contributed by atoms with E-state index in [1.807, 2.05) is 87.5 Å². The van der Waals surface area contributed by atoms with E-state index in [2.05, 4.69) is 5.32 Å². The third-order valence-corrected chi connectivity index (χ3v) is 6.31. The van der Waals surface area contributed by atoms with Gasteiger partial charge in [0.05, 0.1) is 30.9 Å². The van der Waals surface area contributed by atoms with E-state index in [1.54, 1.807) is 12.1 Å². The van der Waals surface area contributed by atoms with Crippen molar-refractivity contribution in [1.82, 2.24) is 0 Å². The molecule has 1 unspecified atom stereocenters. The molecule has 1 heterocycles. The number of carbonyl (C=O) groups is 1. The van der Waals surface area contributed by atoms with Gasteiger partial charge in [-0.2, -0.15) is 0 Å². The predicted molar refractivity (Wildman–Crippen MR) is 145 cm³/mol. The molecule has 4 rings (SSSR count). The molecule has 1 fully saturated rings. The molecule has 0 spiro atoms. The number of aryl methyl sites for hydroxylation is 1. The Labute approximate surface area is 218 Å². The lowest BCUT2D eigenvalue weighted by atomic mass is 9.99. The molecule has 1 aliphatic rings. The molecule has 5 nitrogen and oxygen atoms in total. The number of hydrogen-bond donors (Lipinski definition) is 1. The summed E-state index contributed by atoms with van der Waals surface area (Å²) in [6.45, 7) is 7.46. The minimum atomic E-state index is -0.554. The van der Waals surface area contributed by atoms with Gasteiger partial charge in [0.1, 0.15) is 0 Å². The molecule has 0 aromatic heterocycles. The third kappa shape index (κ3) is 6.83. The van der Waals surface area contributed by atoms with Gasteiger partial charge in [0.25, 0.3) is 0 Å². The normalized spacial score (nSPS) is 17.3. The fourth-order valence-electron chi connectivity index (χ4n) is 4.15. The first-order valence-electron chi connectivity index (χ1n) is 12.1. The second-order valence-corrected chi connectivity index (χ2v) is 9.67. The molecule has 1 saturated heterocycles. The van der Waals surface area contributed by atoms with Gasteiger partial charge in [-0.05, 0) is 62.6 Å². The van der Waals surface area contributed by atoms with Crippen molar-refractivity contribution in [3.63, 3.8) is 0 Å². The molecule has 188 valence electrons. The maximum Gasteiger partial charge on any atom is 0.194 e. The SMILES string of the molecule is Cc1ccccc1C(=O)c1ccc(Nc2ccccc2/C=C/COCC2CCOC(C)(C)O2)cc1Cl. The summed E-state index contributed by atoms with van der Waals surface area (Å²) in [5, 5.41) is 3.82. The van der Waals surface area contributed by atoms with Crippen molar-refractivity contribution in [2.24, 2.45) is 0 Å². The number of halogens is 1. The molecule has 6 heteroatoms. The Morgan fingerprint density at radius 3 is 2.67 bits per heavy atom. The van der Waals surface area contributed by atoms with Crippen molar-refractivity contribution in [2.75, 3.05) is 25.1 Å². The van der Waals surface area contributed by atoms with Gasteiger partial charge in [0.2, 0.25) is 0 Å². The first-order valence-corrected chi connectivity index (χ1v) is 12.5. The first-order chi connectivity index (χ1) is 17.3. The molecule has 1 N–H and O–H groups in total. The smallest absolute Gasteiger partial charge is 0.194 e. The summed E-state index contributed by atoms with van der Waals surface area (Å²) in [7, 11) is 0. The van der Waals surface area contributed by atoms with Crippen LogP contribution in [0.3, 0.4) is 0 Å². The fraction of sp³-hybridized carbons (Fsp3) is 0.300. The van der Waals surface area contributed by atoms with Crippen LogP contribution in [-0.2, 0) is 14.2 Å². The van der Waals surface area contributed by atoms with E-state index >= 15 is 0 Å². The lowest BCUT2D eigenvalue weighted by molar-refractivity contribution is -0.279. The largest absolute Gasteiger partial charge is 0.375 e. The summed E-state index contributed by atoms with van der Waals surface area (Å²) in [5.41, 5.74) is 4.81. The molecule has 0 bridgehead atoms. The maximum absolute atomic E-state index is 13.0. The molecular weight excluding hydrogens is 474 g/mol. The van der Waals surface area contributed by atoms with E-state index in [0.717, 1.165) is 28.9 Å². The number of hydrogen-bond acceptors (Lipinski definition) is 5. The quantitative estimate of drug-likeness (QED) is 0.246. The van der Waals surface area contributed by atoms with Crippen LogP contribution in [0.1, 0.15) is 47.3 Å². The Morgan fingerprint density at radius 1 is 1.11 bits per heavy atom. The monoisotopic (exact) mass is 505 g/mol. The number of carbonyl (C=O) groups excluding carboxylic acids is 1. The van der Waals surface area contributed by atoms with Crippen molar-refractivity contribution in [1.29, 1.82) is 0 Å². The Kier molecular flexibility index (Phi) is 8.60. The van der Waals surface area contributed by atoms with Gasteiger partial charge in [0, 0.05) is 22.5 Å². The summed E-state index contributed by atoms with van der Waals surface area (Å²) in [4.78, 5) is 13.0. The van der Waals surface area contributed by atoms with Crippen molar-refractivity contribution in [3.05, 3.63) is 100 Å². The molecule has 0 radical (unpaired) electrons. The van der Waals surface area contributed by atoms with Gasteiger partial charge in [0.15, 0.2) is 11.6 Å². The lowest BCUT2D eigenvalue weighted by Gasteiger charge is -2.35. The second kappa shape index (κ2) is 11.8. The van der Waals surface area contributed by atoms with Crippen molar-refractivity contribution >= 4 is 34.8 Å². The number of anilines is 2. The van der Waals surface area contributed by atoms with E-state index in [4.69, 9.17) is 25.8 Å². The van der Waals surface area contributed by atoms with E-state index in [9.17, 15) is 4.79 Å². The average Bonchev–Trinajstić information content (AvgIpc) is 2.84. The number of rotatable bonds is 9. The van der Waals surface area contributed by atoms with Crippen LogP contribution in [0.25, 0.3) is 6.08 Å². The second-order valence-electron chi connectivity index (χ2n) is 9.27. The van der Waals surface area contributed by atoms with Crippen LogP contribution in [0.5, 0.6) is 0 Å². The van der Waals surface area contributed by atoms with E-state index in [0.29, 0.717) is 36.0 Å². The van der Waals surface area contributed by atoms with Crippen molar-refractivity contribution < 1.29 is 19.0 Å². The number of ether oxygens (including phenoxy) is 3. The molecule has 1 aliphatic heterocycles. The van der Waals surface area contributed by atoms with Gasteiger partial charge in [-0.15, -0.1) is 0 Å². The van der Waals surface area contributed by atoms with Gasteiger partial charge in [-0.1, -0.05) is 66.2 Å². The standard InChI is InChI=1S/C30H32ClNO4/c1-21-9-4-6-12-25(21)29(33)26-15-14-23(19-27(26)31)32-28-13-7-5-10-22(28)11-8-17-34-20-24-16-18-35-30(2,3)36-24/h4-15,19,24,32H,16-18,20H2,1-3H3/b11-8+. The fourth-order valence-corrected chi connectivity index (χ4v) is 4.42. The van der Waals surface area contributed by atoms with E-state index < -0.39 is 5.79 Å². The highest BCUT2D eigenvalue weighted by Crippen LogP contribution is 2.28. The maximum atomic E-state index is 13.0. The minimum absolute atomic E-state index is 0.0431. The Bertz CT molecular complexity index is 1240.